The summed E-state index contributed by atoms with van der Waals surface area (Å²) in [5.74, 6) is -1.04. The zero-order chi connectivity index (χ0) is 21.7. The Morgan fingerprint density at radius 3 is 2.52 bits per heavy atom. The van der Waals surface area contributed by atoms with Gasteiger partial charge in [-0.2, -0.15) is 5.10 Å². The van der Waals surface area contributed by atoms with E-state index in [0.29, 0.717) is 16.4 Å². The highest BCUT2D eigenvalue weighted by Gasteiger charge is 2.27. The second-order valence-electron chi connectivity index (χ2n) is 6.82. The Balaban J connectivity index is 2.27. The van der Waals surface area contributed by atoms with E-state index in [1.807, 2.05) is 0 Å². The third-order valence-electron chi connectivity index (χ3n) is 4.17. The van der Waals surface area contributed by atoms with Crippen molar-refractivity contribution in [2.45, 2.75) is 52.8 Å². The number of carbonyl (C=O) groups is 2. The van der Waals surface area contributed by atoms with Crippen LogP contribution in [0.2, 0.25) is 5.02 Å². The number of carbonyl (C=O) groups excluding carboxylic acids is 2. The molecule has 2 rings (SSSR count). The van der Waals surface area contributed by atoms with Gasteiger partial charge in [-0.1, -0.05) is 29.8 Å². The lowest BCUT2D eigenvalue weighted by Crippen LogP contribution is -2.34. The number of hydrogen-bond donors (Lipinski definition) is 1. The summed E-state index contributed by atoms with van der Waals surface area (Å²) in [5.41, 5.74) is 1.25. The van der Waals surface area contributed by atoms with Crippen LogP contribution in [0, 0.1) is 24.0 Å². The Hall–Kier alpha value is -2.94. The van der Waals surface area contributed by atoms with Gasteiger partial charge in [0, 0.05) is 6.07 Å². The molecular weight excluding hydrogens is 400 g/mol. The van der Waals surface area contributed by atoms with Crippen LogP contribution >= 0.6 is 11.6 Å². The highest BCUT2D eigenvalue weighted by molar-refractivity contribution is 6.31. The molecular formula is C19H23ClN4O5. The summed E-state index contributed by atoms with van der Waals surface area (Å²) in [4.78, 5) is 35.6. The molecule has 0 bridgehead atoms. The molecule has 0 spiro atoms. The monoisotopic (exact) mass is 422 g/mol. The fourth-order valence-electron chi connectivity index (χ4n) is 2.87. The Morgan fingerprint density at radius 2 is 1.97 bits per heavy atom. The van der Waals surface area contributed by atoms with Gasteiger partial charge < -0.3 is 10.1 Å². The maximum atomic E-state index is 12.6. The van der Waals surface area contributed by atoms with Gasteiger partial charge in [0.1, 0.15) is 6.54 Å². The smallest absolute Gasteiger partial charge is 0.308 e. The first kappa shape index (κ1) is 22.4. The van der Waals surface area contributed by atoms with Gasteiger partial charge in [-0.05, 0) is 27.7 Å². The first-order valence-electron chi connectivity index (χ1n) is 9.01. The van der Waals surface area contributed by atoms with E-state index in [-0.39, 0.29) is 30.3 Å². The van der Waals surface area contributed by atoms with Crippen LogP contribution < -0.4 is 5.32 Å². The molecule has 1 amide bonds. The number of aryl methyl sites for hydroxylation is 1. The second-order valence-corrected chi connectivity index (χ2v) is 7.20. The number of ether oxygens (including phenoxy) is 1. The van der Waals surface area contributed by atoms with Gasteiger partial charge >= 0.3 is 5.97 Å². The van der Waals surface area contributed by atoms with Crippen molar-refractivity contribution in [3.05, 3.63) is 56.4 Å². The van der Waals surface area contributed by atoms with Crippen molar-refractivity contribution in [3.8, 4) is 0 Å². The lowest BCUT2D eigenvalue weighted by molar-refractivity contribution is -0.385. The number of nitro benzene ring substituents is 1. The summed E-state index contributed by atoms with van der Waals surface area (Å²) in [6, 6.07) is 5.03. The summed E-state index contributed by atoms with van der Waals surface area (Å²) in [5, 5.41) is 18.8. The lowest BCUT2D eigenvalue weighted by Gasteiger charge is -2.19. The molecule has 0 fully saturated rings. The molecule has 0 saturated heterocycles. The van der Waals surface area contributed by atoms with E-state index in [1.165, 1.54) is 22.9 Å². The van der Waals surface area contributed by atoms with Gasteiger partial charge in [-0.15, -0.1) is 0 Å². The van der Waals surface area contributed by atoms with Gasteiger partial charge in [-0.3, -0.25) is 24.4 Å². The number of rotatable bonds is 8. The molecule has 2 aromatic rings. The van der Waals surface area contributed by atoms with Crippen LogP contribution in [0.15, 0.2) is 24.3 Å². The molecule has 29 heavy (non-hydrogen) atoms. The minimum absolute atomic E-state index is 0.143. The minimum Gasteiger partial charge on any atom is -0.463 e. The maximum Gasteiger partial charge on any atom is 0.308 e. The van der Waals surface area contributed by atoms with Crippen molar-refractivity contribution in [2.75, 3.05) is 0 Å². The Morgan fingerprint density at radius 1 is 1.31 bits per heavy atom. The average Bonchev–Trinajstić information content (AvgIpc) is 2.87. The van der Waals surface area contributed by atoms with Gasteiger partial charge in [0.25, 0.3) is 5.69 Å². The molecule has 1 unspecified atom stereocenters. The zero-order valence-corrected chi connectivity index (χ0v) is 17.4. The van der Waals surface area contributed by atoms with Crippen LogP contribution in [0.5, 0.6) is 0 Å². The predicted octanol–water partition coefficient (Wildman–Crippen LogP) is 3.26. The summed E-state index contributed by atoms with van der Waals surface area (Å²) < 4.78 is 6.59. The van der Waals surface area contributed by atoms with Crippen LogP contribution in [-0.4, -0.2) is 32.7 Å². The number of nitro groups is 1. The van der Waals surface area contributed by atoms with E-state index in [1.54, 1.807) is 33.8 Å². The van der Waals surface area contributed by atoms with Crippen molar-refractivity contribution < 1.29 is 19.2 Å². The first-order chi connectivity index (χ1) is 13.6. The minimum atomic E-state index is -0.928. The van der Waals surface area contributed by atoms with Crippen molar-refractivity contribution >= 4 is 29.2 Å². The van der Waals surface area contributed by atoms with Gasteiger partial charge in [0.2, 0.25) is 5.91 Å². The molecule has 0 aliphatic heterocycles. The molecule has 1 atom stereocenters. The van der Waals surface area contributed by atoms with E-state index in [2.05, 4.69) is 10.4 Å². The van der Waals surface area contributed by atoms with Crippen LogP contribution in [-0.2, 0) is 20.9 Å². The van der Waals surface area contributed by atoms with Crippen LogP contribution in [0.3, 0.4) is 0 Å². The molecule has 9 nitrogen and oxygen atoms in total. The van der Waals surface area contributed by atoms with Crippen molar-refractivity contribution in [1.29, 1.82) is 0 Å². The molecule has 156 valence electrons. The molecule has 1 aromatic carbocycles. The molecule has 1 N–H and O–H groups in total. The number of amides is 1. The normalized spacial score (nSPS) is 11.9. The lowest BCUT2D eigenvalue weighted by atomic mass is 10.0. The van der Waals surface area contributed by atoms with Gasteiger partial charge in [0.05, 0.1) is 45.5 Å². The molecule has 1 heterocycles. The van der Waals surface area contributed by atoms with E-state index in [0.717, 1.165) is 0 Å². The second kappa shape index (κ2) is 9.51. The number of benzene rings is 1. The zero-order valence-electron chi connectivity index (χ0n) is 16.6. The van der Waals surface area contributed by atoms with Crippen LogP contribution in [0.1, 0.15) is 43.3 Å². The molecule has 0 aliphatic rings. The molecule has 0 saturated carbocycles. The predicted molar refractivity (Wildman–Crippen MR) is 107 cm³/mol. The molecule has 0 aliphatic carbocycles. The van der Waals surface area contributed by atoms with E-state index in [4.69, 9.17) is 16.3 Å². The van der Waals surface area contributed by atoms with E-state index >= 15 is 0 Å². The summed E-state index contributed by atoms with van der Waals surface area (Å²) in [6.07, 6.45) is -0.589. The third-order valence-corrected chi connectivity index (χ3v) is 4.72. The van der Waals surface area contributed by atoms with Gasteiger partial charge in [-0.25, -0.2) is 0 Å². The summed E-state index contributed by atoms with van der Waals surface area (Å²) in [6.45, 7) is 6.71. The Bertz CT molecular complexity index is 925. The van der Waals surface area contributed by atoms with Crippen molar-refractivity contribution in [1.82, 2.24) is 15.1 Å². The first-order valence-corrected chi connectivity index (χ1v) is 9.39. The average molecular weight is 423 g/mol. The highest BCUT2D eigenvalue weighted by Crippen LogP contribution is 2.28. The number of para-hydroxylation sites is 1. The SMILES string of the molecule is Cc1nn(CC(=O)NC(CC(=O)OC(C)C)c2ccccc2[N+](=O)[O-])c(C)c1Cl. The molecule has 1 aromatic heterocycles. The largest absolute Gasteiger partial charge is 0.463 e. The van der Waals surface area contributed by atoms with E-state index in [9.17, 15) is 19.7 Å². The fraction of sp³-hybridized carbons (Fsp3) is 0.421. The molecule has 0 radical (unpaired) electrons. The fourth-order valence-corrected chi connectivity index (χ4v) is 3.01. The number of hydrogen-bond acceptors (Lipinski definition) is 6. The van der Waals surface area contributed by atoms with Crippen LogP contribution in [0.25, 0.3) is 0 Å². The van der Waals surface area contributed by atoms with E-state index < -0.39 is 22.8 Å². The van der Waals surface area contributed by atoms with Crippen molar-refractivity contribution in [2.24, 2.45) is 0 Å². The summed E-state index contributed by atoms with van der Waals surface area (Å²) in [7, 11) is 0. The number of halogens is 1. The Labute approximate surface area is 173 Å². The van der Waals surface area contributed by atoms with Gasteiger partial charge in [0.15, 0.2) is 0 Å². The van der Waals surface area contributed by atoms with Crippen molar-refractivity contribution in [3.63, 3.8) is 0 Å². The number of nitrogens with zero attached hydrogens (tertiary/aromatic N) is 3. The number of esters is 1. The topological polar surface area (TPSA) is 116 Å². The Kier molecular flexibility index (Phi) is 7.33. The standard InChI is InChI=1S/C19H23ClN4O5/c1-11(2)29-18(26)9-15(14-7-5-6-8-16(14)24(27)28)21-17(25)10-23-13(4)19(20)12(3)22-23/h5-8,11,15H,9-10H2,1-4H3,(H,21,25). The quantitative estimate of drug-likeness (QED) is 0.396. The number of aromatic nitrogens is 2. The molecule has 10 heteroatoms. The summed E-state index contributed by atoms with van der Waals surface area (Å²) >= 11 is 6.11. The number of nitrogens with one attached hydrogen (secondary N) is 1. The maximum absolute atomic E-state index is 12.6. The van der Waals surface area contributed by atoms with Crippen LogP contribution in [0.4, 0.5) is 5.69 Å². The third kappa shape index (κ3) is 5.77. The highest BCUT2D eigenvalue weighted by atomic mass is 35.5.